The van der Waals surface area contributed by atoms with Gasteiger partial charge in [-0.1, -0.05) is 6.07 Å². The average Bonchev–Trinajstić information content (AvgIpc) is 2.25. The number of aryl methyl sites for hydroxylation is 1. The number of benzene rings is 1. The average molecular weight is 249 g/mol. The minimum Gasteiger partial charge on any atom is -0.481 e. The second-order valence-electron chi connectivity index (χ2n) is 5.70. The molecule has 18 heavy (non-hydrogen) atoms. The van der Waals surface area contributed by atoms with Gasteiger partial charge < -0.3 is 10.0 Å². The molecule has 1 aromatic carbocycles. The quantitative estimate of drug-likeness (QED) is 0.891. The Kier molecular flexibility index (Phi) is 4.05. The molecule has 0 unspecified atom stereocenters. The Hall–Kier alpha value is -1.51. The maximum absolute atomic E-state index is 11.2. The van der Waals surface area contributed by atoms with Crippen LogP contribution in [0.4, 0.5) is 5.69 Å². The third kappa shape index (κ3) is 2.84. The predicted octanol–water partition coefficient (Wildman–Crippen LogP) is 3.16. The Morgan fingerprint density at radius 2 is 1.78 bits per heavy atom. The molecule has 0 heterocycles. The molecule has 100 valence electrons. The van der Waals surface area contributed by atoms with Crippen LogP contribution < -0.4 is 4.90 Å². The van der Waals surface area contributed by atoms with Gasteiger partial charge in [-0.15, -0.1) is 0 Å². The lowest BCUT2D eigenvalue weighted by Gasteiger charge is -2.30. The van der Waals surface area contributed by atoms with E-state index in [0.29, 0.717) is 6.54 Å². The van der Waals surface area contributed by atoms with Crippen LogP contribution in [0.25, 0.3) is 0 Å². The molecule has 0 saturated heterocycles. The van der Waals surface area contributed by atoms with E-state index < -0.39 is 11.4 Å². The third-order valence-corrected chi connectivity index (χ3v) is 3.65. The number of carboxylic acid groups (broad SMARTS) is 1. The second-order valence-corrected chi connectivity index (χ2v) is 5.70. The lowest BCUT2D eigenvalue weighted by molar-refractivity contribution is -0.146. The zero-order valence-electron chi connectivity index (χ0n) is 12.2. The molecule has 0 aliphatic rings. The highest BCUT2D eigenvalue weighted by molar-refractivity contribution is 5.74. The standard InChI is InChI=1S/C15H23NO2/c1-10-7-8-13(12(3)11(10)2)16(6)9-15(4,5)14(17)18/h7-8H,9H2,1-6H3,(H,17,18). The van der Waals surface area contributed by atoms with Crippen molar-refractivity contribution in [3.63, 3.8) is 0 Å². The smallest absolute Gasteiger partial charge is 0.310 e. The zero-order chi connectivity index (χ0) is 14.1. The van der Waals surface area contributed by atoms with Crippen molar-refractivity contribution < 1.29 is 9.90 Å². The molecule has 0 saturated carbocycles. The maximum atomic E-state index is 11.2. The van der Waals surface area contributed by atoms with Crippen LogP contribution in [0.5, 0.6) is 0 Å². The molecule has 0 aliphatic heterocycles. The SMILES string of the molecule is Cc1ccc(N(C)CC(C)(C)C(=O)O)c(C)c1C. The van der Waals surface area contributed by atoms with Crippen molar-refractivity contribution in [3.05, 3.63) is 28.8 Å². The topological polar surface area (TPSA) is 40.5 Å². The summed E-state index contributed by atoms with van der Waals surface area (Å²) in [6.07, 6.45) is 0. The third-order valence-electron chi connectivity index (χ3n) is 3.65. The first-order valence-corrected chi connectivity index (χ1v) is 6.18. The minimum absolute atomic E-state index is 0.492. The van der Waals surface area contributed by atoms with E-state index in [1.165, 1.54) is 16.7 Å². The van der Waals surface area contributed by atoms with Gasteiger partial charge in [-0.25, -0.2) is 0 Å². The van der Waals surface area contributed by atoms with Gasteiger partial charge in [0.05, 0.1) is 5.41 Å². The number of aliphatic carboxylic acids is 1. The minimum atomic E-state index is -0.768. The highest BCUT2D eigenvalue weighted by Gasteiger charge is 2.29. The Bertz CT molecular complexity index is 464. The number of carbonyl (C=O) groups is 1. The van der Waals surface area contributed by atoms with Crippen molar-refractivity contribution in [1.29, 1.82) is 0 Å². The predicted molar refractivity (Wildman–Crippen MR) is 75.3 cm³/mol. The first-order valence-electron chi connectivity index (χ1n) is 6.18. The second kappa shape index (κ2) is 5.01. The maximum Gasteiger partial charge on any atom is 0.310 e. The molecule has 3 heteroatoms. The highest BCUT2D eigenvalue weighted by atomic mass is 16.4. The van der Waals surface area contributed by atoms with E-state index in [2.05, 4.69) is 32.9 Å². The molecule has 0 radical (unpaired) electrons. The normalized spacial score (nSPS) is 11.4. The van der Waals surface area contributed by atoms with Gasteiger partial charge in [0.2, 0.25) is 0 Å². The monoisotopic (exact) mass is 249 g/mol. The van der Waals surface area contributed by atoms with Gasteiger partial charge in [0.25, 0.3) is 0 Å². The van der Waals surface area contributed by atoms with Crippen LogP contribution in [0.15, 0.2) is 12.1 Å². The summed E-state index contributed by atoms with van der Waals surface area (Å²) < 4.78 is 0. The fourth-order valence-electron chi connectivity index (χ4n) is 2.10. The lowest BCUT2D eigenvalue weighted by Crippen LogP contribution is -2.37. The van der Waals surface area contributed by atoms with Crippen LogP contribution in [0.2, 0.25) is 0 Å². The summed E-state index contributed by atoms with van der Waals surface area (Å²) in [5.41, 5.74) is 4.11. The summed E-state index contributed by atoms with van der Waals surface area (Å²) in [5.74, 6) is -0.768. The van der Waals surface area contributed by atoms with Gasteiger partial charge in [-0.05, 0) is 57.4 Å². The summed E-state index contributed by atoms with van der Waals surface area (Å²) in [5, 5.41) is 9.18. The summed E-state index contributed by atoms with van der Waals surface area (Å²) in [6, 6.07) is 4.15. The zero-order valence-corrected chi connectivity index (χ0v) is 12.2. The van der Waals surface area contributed by atoms with Gasteiger partial charge in [-0.2, -0.15) is 0 Å². The van der Waals surface area contributed by atoms with E-state index in [4.69, 9.17) is 0 Å². The number of rotatable bonds is 4. The highest BCUT2D eigenvalue weighted by Crippen LogP contribution is 2.27. The van der Waals surface area contributed by atoms with E-state index in [0.717, 1.165) is 5.69 Å². The molecule has 1 N–H and O–H groups in total. The first-order chi connectivity index (χ1) is 8.16. The summed E-state index contributed by atoms with van der Waals surface area (Å²) in [4.78, 5) is 13.2. The van der Waals surface area contributed by atoms with E-state index >= 15 is 0 Å². The fourth-order valence-corrected chi connectivity index (χ4v) is 2.10. The Balaban J connectivity index is 3.02. The molecular formula is C15H23NO2. The van der Waals surface area contributed by atoms with Crippen molar-refractivity contribution in [2.45, 2.75) is 34.6 Å². The molecule has 0 amide bonds. The molecule has 0 bridgehead atoms. The molecular weight excluding hydrogens is 226 g/mol. The van der Waals surface area contributed by atoms with Crippen molar-refractivity contribution in [2.24, 2.45) is 5.41 Å². The number of nitrogens with zero attached hydrogens (tertiary/aromatic N) is 1. The van der Waals surface area contributed by atoms with E-state index in [9.17, 15) is 9.90 Å². The molecule has 0 spiro atoms. The van der Waals surface area contributed by atoms with Crippen LogP contribution in [-0.4, -0.2) is 24.7 Å². The molecule has 1 rings (SSSR count). The summed E-state index contributed by atoms with van der Waals surface area (Å²) >= 11 is 0. The molecule has 0 fully saturated rings. The van der Waals surface area contributed by atoms with Crippen LogP contribution in [-0.2, 0) is 4.79 Å². The first kappa shape index (κ1) is 14.6. The fraction of sp³-hybridized carbons (Fsp3) is 0.533. The molecule has 0 aliphatic carbocycles. The van der Waals surface area contributed by atoms with Gasteiger partial charge in [0.1, 0.15) is 0 Å². The van der Waals surface area contributed by atoms with Crippen LogP contribution in [0.1, 0.15) is 30.5 Å². The van der Waals surface area contributed by atoms with Gasteiger partial charge in [0, 0.05) is 19.3 Å². The van der Waals surface area contributed by atoms with Crippen LogP contribution in [0, 0.1) is 26.2 Å². The van der Waals surface area contributed by atoms with Crippen molar-refractivity contribution >= 4 is 11.7 Å². The summed E-state index contributed by atoms with van der Waals surface area (Å²) in [7, 11) is 1.95. The van der Waals surface area contributed by atoms with E-state index in [1.807, 2.05) is 11.9 Å². The van der Waals surface area contributed by atoms with Crippen LogP contribution in [0.3, 0.4) is 0 Å². The van der Waals surface area contributed by atoms with E-state index in [1.54, 1.807) is 13.8 Å². The molecule has 3 nitrogen and oxygen atoms in total. The number of hydrogen-bond donors (Lipinski definition) is 1. The van der Waals surface area contributed by atoms with Gasteiger partial charge in [-0.3, -0.25) is 4.79 Å². The van der Waals surface area contributed by atoms with Crippen molar-refractivity contribution in [3.8, 4) is 0 Å². The van der Waals surface area contributed by atoms with Crippen molar-refractivity contribution in [1.82, 2.24) is 0 Å². The molecule has 0 aromatic heterocycles. The largest absolute Gasteiger partial charge is 0.481 e. The molecule has 0 atom stereocenters. The number of carboxylic acids is 1. The number of hydrogen-bond acceptors (Lipinski definition) is 2. The van der Waals surface area contributed by atoms with Crippen molar-refractivity contribution in [2.75, 3.05) is 18.5 Å². The Labute approximate surface area is 109 Å². The summed E-state index contributed by atoms with van der Waals surface area (Å²) in [6.45, 7) is 10.3. The van der Waals surface area contributed by atoms with Crippen LogP contribution >= 0.6 is 0 Å². The van der Waals surface area contributed by atoms with Gasteiger partial charge >= 0.3 is 5.97 Å². The Morgan fingerprint density at radius 3 is 2.28 bits per heavy atom. The lowest BCUT2D eigenvalue weighted by atomic mass is 9.92. The Morgan fingerprint density at radius 1 is 1.22 bits per heavy atom. The number of anilines is 1. The van der Waals surface area contributed by atoms with E-state index in [-0.39, 0.29) is 0 Å². The molecule has 1 aromatic rings. The van der Waals surface area contributed by atoms with Gasteiger partial charge in [0.15, 0.2) is 0 Å².